The van der Waals surface area contributed by atoms with Gasteiger partial charge in [-0.3, -0.25) is 4.90 Å². The molecule has 1 amide bonds. The van der Waals surface area contributed by atoms with Gasteiger partial charge in [-0.1, -0.05) is 12.2 Å². The van der Waals surface area contributed by atoms with E-state index < -0.39 is 29.4 Å². The molecule has 0 aromatic heterocycles. The van der Waals surface area contributed by atoms with Crippen molar-refractivity contribution in [1.82, 2.24) is 4.90 Å². The maximum Gasteiger partial charge on any atom is 0.411 e. The van der Waals surface area contributed by atoms with Gasteiger partial charge in [-0.25, -0.2) is 14.0 Å². The summed E-state index contributed by atoms with van der Waals surface area (Å²) in [6.07, 6.45) is -2.20. The molecule has 0 bridgehead atoms. The average molecular weight is 336 g/mol. The fourth-order valence-corrected chi connectivity index (χ4v) is 2.66. The molecule has 1 heterocycles. The van der Waals surface area contributed by atoms with Crippen molar-refractivity contribution in [2.45, 2.75) is 50.9 Å². The predicted molar refractivity (Wildman–Crippen MR) is 81.7 cm³/mol. The number of hydrogen-bond acceptors (Lipinski definition) is 4. The second kappa shape index (κ2) is 6.86. The zero-order valence-corrected chi connectivity index (χ0v) is 14.2. The lowest BCUT2D eigenvalue weighted by Crippen LogP contribution is -2.55. The molecule has 1 aliphatic heterocycles. The van der Waals surface area contributed by atoms with Crippen molar-refractivity contribution >= 4 is 23.7 Å². The Kier molecular flexibility index (Phi) is 5.84. The molecule has 0 unspecified atom stereocenters. The highest BCUT2D eigenvalue weighted by Gasteiger charge is 2.55. The number of hydrogen-bond donors (Lipinski definition) is 0. The topological polar surface area (TPSA) is 55.8 Å². The van der Waals surface area contributed by atoms with Crippen LogP contribution in [0.5, 0.6) is 0 Å². The van der Waals surface area contributed by atoms with Gasteiger partial charge in [-0.15, -0.1) is 11.6 Å². The lowest BCUT2D eigenvalue weighted by molar-refractivity contribution is -0.153. The van der Waals surface area contributed by atoms with Crippen molar-refractivity contribution in [1.29, 1.82) is 0 Å². The van der Waals surface area contributed by atoms with Gasteiger partial charge in [-0.2, -0.15) is 0 Å². The third-order valence-corrected chi connectivity index (χ3v) is 3.75. The molecule has 2 atom stereocenters. The molecule has 1 aliphatic rings. The smallest absolute Gasteiger partial charge is 0.411 e. The second-order valence-electron chi connectivity index (χ2n) is 6.48. The maximum absolute atomic E-state index is 14.0. The molecule has 0 saturated carbocycles. The number of ether oxygens (including phenoxy) is 2. The first-order chi connectivity index (χ1) is 10.1. The van der Waals surface area contributed by atoms with Crippen LogP contribution in [0.1, 0.15) is 33.6 Å². The van der Waals surface area contributed by atoms with E-state index in [4.69, 9.17) is 21.1 Å². The standard InChI is InChI=1S/C15H23ClFNO4/c1-10(8-16)6-15(12(19)21-5)7-11(17)9-18(15)13(20)22-14(2,3)4/h11H,1,6-9H2,2-5H3/t11-,15-/m1/s1. The maximum atomic E-state index is 14.0. The highest BCUT2D eigenvalue weighted by atomic mass is 35.5. The molecule has 0 aliphatic carbocycles. The molecular formula is C15H23ClFNO4. The fourth-order valence-electron chi connectivity index (χ4n) is 2.56. The molecule has 1 saturated heterocycles. The van der Waals surface area contributed by atoms with E-state index in [0.29, 0.717) is 5.57 Å². The van der Waals surface area contributed by atoms with Crippen LogP contribution in [0.2, 0.25) is 0 Å². The number of rotatable bonds is 4. The van der Waals surface area contributed by atoms with Crippen LogP contribution in [0.3, 0.4) is 0 Å². The highest BCUT2D eigenvalue weighted by molar-refractivity contribution is 6.19. The van der Waals surface area contributed by atoms with Gasteiger partial charge in [0.15, 0.2) is 5.54 Å². The molecule has 7 heteroatoms. The Morgan fingerprint density at radius 1 is 1.45 bits per heavy atom. The number of likely N-dealkylation sites (tertiary alicyclic amines) is 1. The van der Waals surface area contributed by atoms with Gasteiger partial charge in [0.05, 0.1) is 13.7 Å². The summed E-state index contributed by atoms with van der Waals surface area (Å²) in [6.45, 7) is 8.63. The van der Waals surface area contributed by atoms with E-state index in [1.807, 2.05) is 0 Å². The van der Waals surface area contributed by atoms with E-state index in [2.05, 4.69) is 6.58 Å². The summed E-state index contributed by atoms with van der Waals surface area (Å²) in [6, 6.07) is 0. The van der Waals surface area contributed by atoms with E-state index in [9.17, 15) is 14.0 Å². The van der Waals surface area contributed by atoms with Crippen LogP contribution in [-0.2, 0) is 14.3 Å². The number of carbonyl (C=O) groups is 2. The Balaban J connectivity index is 3.17. The SMILES string of the molecule is C=C(CCl)C[C@]1(C(=O)OC)C[C@@H](F)CN1C(=O)OC(C)(C)C. The zero-order valence-electron chi connectivity index (χ0n) is 13.4. The van der Waals surface area contributed by atoms with Gasteiger partial charge >= 0.3 is 12.1 Å². The fraction of sp³-hybridized carbons (Fsp3) is 0.733. The summed E-state index contributed by atoms with van der Waals surface area (Å²) in [5, 5.41) is 0. The molecule has 0 N–H and O–H groups in total. The van der Waals surface area contributed by atoms with Crippen molar-refractivity contribution in [3.05, 3.63) is 12.2 Å². The van der Waals surface area contributed by atoms with E-state index >= 15 is 0 Å². The summed E-state index contributed by atoms with van der Waals surface area (Å²) in [7, 11) is 1.20. The lowest BCUT2D eigenvalue weighted by Gasteiger charge is -2.36. The summed E-state index contributed by atoms with van der Waals surface area (Å²) >= 11 is 5.73. The lowest BCUT2D eigenvalue weighted by atomic mass is 9.88. The molecule has 126 valence electrons. The first-order valence-electron chi connectivity index (χ1n) is 7.01. The Morgan fingerprint density at radius 3 is 2.50 bits per heavy atom. The zero-order chi connectivity index (χ0) is 17.1. The second-order valence-corrected chi connectivity index (χ2v) is 6.74. The van der Waals surface area contributed by atoms with Gasteiger partial charge in [0.25, 0.3) is 0 Å². The number of carbonyl (C=O) groups excluding carboxylic acids is 2. The Bertz CT molecular complexity index is 463. The van der Waals surface area contributed by atoms with E-state index in [-0.39, 0.29) is 25.3 Å². The normalized spacial score (nSPS) is 25.0. The number of methoxy groups -OCH3 is 1. The minimum Gasteiger partial charge on any atom is -0.467 e. The largest absolute Gasteiger partial charge is 0.467 e. The number of alkyl halides is 2. The number of amides is 1. The van der Waals surface area contributed by atoms with Crippen molar-refractivity contribution in [3.8, 4) is 0 Å². The first kappa shape index (κ1) is 18.7. The molecular weight excluding hydrogens is 313 g/mol. The van der Waals surface area contributed by atoms with Crippen LogP contribution in [0.4, 0.5) is 9.18 Å². The van der Waals surface area contributed by atoms with Crippen molar-refractivity contribution < 1.29 is 23.5 Å². The van der Waals surface area contributed by atoms with Crippen LogP contribution in [-0.4, -0.2) is 53.8 Å². The van der Waals surface area contributed by atoms with Crippen molar-refractivity contribution in [2.24, 2.45) is 0 Å². The molecule has 0 aromatic carbocycles. The minimum absolute atomic E-state index is 0.0445. The van der Waals surface area contributed by atoms with Crippen LogP contribution in [0, 0.1) is 0 Å². The molecule has 5 nitrogen and oxygen atoms in total. The highest BCUT2D eigenvalue weighted by Crippen LogP contribution is 2.38. The molecule has 1 fully saturated rings. The molecule has 0 radical (unpaired) electrons. The molecule has 0 aromatic rings. The van der Waals surface area contributed by atoms with Gasteiger partial charge in [-0.05, 0) is 20.8 Å². The number of esters is 1. The Morgan fingerprint density at radius 2 is 2.05 bits per heavy atom. The number of halogens is 2. The Hall–Kier alpha value is -1.30. The van der Waals surface area contributed by atoms with Gasteiger partial charge in [0.1, 0.15) is 11.8 Å². The van der Waals surface area contributed by atoms with Crippen LogP contribution in [0.15, 0.2) is 12.2 Å². The van der Waals surface area contributed by atoms with Crippen LogP contribution < -0.4 is 0 Å². The minimum atomic E-state index is -1.46. The van der Waals surface area contributed by atoms with Crippen molar-refractivity contribution in [3.63, 3.8) is 0 Å². The Labute approximate surface area is 135 Å². The van der Waals surface area contributed by atoms with E-state index in [1.54, 1.807) is 20.8 Å². The first-order valence-corrected chi connectivity index (χ1v) is 7.55. The third-order valence-electron chi connectivity index (χ3n) is 3.37. The average Bonchev–Trinajstić information content (AvgIpc) is 2.73. The van der Waals surface area contributed by atoms with Crippen molar-refractivity contribution in [2.75, 3.05) is 19.5 Å². The van der Waals surface area contributed by atoms with E-state index in [0.717, 1.165) is 4.90 Å². The number of nitrogens with zero attached hydrogens (tertiary/aromatic N) is 1. The van der Waals surface area contributed by atoms with Gasteiger partial charge < -0.3 is 9.47 Å². The molecule has 22 heavy (non-hydrogen) atoms. The summed E-state index contributed by atoms with van der Waals surface area (Å²) < 4.78 is 24.1. The van der Waals surface area contributed by atoms with Crippen LogP contribution >= 0.6 is 11.6 Å². The quantitative estimate of drug-likeness (QED) is 0.450. The predicted octanol–water partition coefficient (Wildman–Crippen LogP) is 3.06. The molecule has 1 rings (SSSR count). The van der Waals surface area contributed by atoms with Crippen LogP contribution in [0.25, 0.3) is 0 Å². The van der Waals surface area contributed by atoms with Gasteiger partial charge in [0, 0.05) is 18.7 Å². The third kappa shape index (κ3) is 4.12. The summed E-state index contributed by atoms with van der Waals surface area (Å²) in [4.78, 5) is 25.8. The monoisotopic (exact) mass is 335 g/mol. The summed E-state index contributed by atoms with van der Waals surface area (Å²) in [5.41, 5.74) is -1.69. The molecule has 0 spiro atoms. The van der Waals surface area contributed by atoms with Gasteiger partial charge in [0.2, 0.25) is 0 Å². The van der Waals surface area contributed by atoms with E-state index in [1.165, 1.54) is 7.11 Å². The summed E-state index contributed by atoms with van der Waals surface area (Å²) in [5.74, 6) is -0.581.